The van der Waals surface area contributed by atoms with Crippen LogP contribution in [0.4, 0.5) is 24.9 Å². The second kappa shape index (κ2) is 4.60. The zero-order valence-corrected chi connectivity index (χ0v) is 9.41. The van der Waals surface area contributed by atoms with Crippen LogP contribution in [-0.4, -0.2) is 33.9 Å². The van der Waals surface area contributed by atoms with Gasteiger partial charge in [-0.25, -0.2) is 4.98 Å². The van der Waals surface area contributed by atoms with Crippen LogP contribution in [0.2, 0.25) is 0 Å². The molecule has 0 unspecified atom stereocenters. The van der Waals surface area contributed by atoms with Crippen molar-refractivity contribution < 1.29 is 18.3 Å². The Bertz CT molecular complexity index is 432. The van der Waals surface area contributed by atoms with Crippen molar-refractivity contribution in [1.29, 1.82) is 0 Å². The molecule has 8 heteroatoms. The third kappa shape index (κ3) is 3.22. The maximum Gasteiger partial charge on any atom is 0.405 e. The van der Waals surface area contributed by atoms with Gasteiger partial charge in [-0.05, 0) is 12.8 Å². The molecule has 1 fully saturated rings. The van der Waals surface area contributed by atoms with Crippen molar-refractivity contribution in [1.82, 2.24) is 9.97 Å². The van der Waals surface area contributed by atoms with Crippen molar-refractivity contribution in [3.05, 3.63) is 11.8 Å². The predicted octanol–water partition coefficient (Wildman–Crippen LogP) is 1.27. The van der Waals surface area contributed by atoms with Crippen LogP contribution in [0.5, 0.6) is 0 Å². The Kier molecular flexibility index (Phi) is 3.29. The van der Waals surface area contributed by atoms with Gasteiger partial charge in [-0.15, -0.1) is 0 Å². The van der Waals surface area contributed by atoms with E-state index in [9.17, 15) is 18.3 Å². The number of aliphatic hydroxyl groups is 1. The topological polar surface area (TPSA) is 84.1 Å². The van der Waals surface area contributed by atoms with E-state index < -0.39 is 12.7 Å². The Morgan fingerprint density at radius 1 is 1.39 bits per heavy atom. The van der Waals surface area contributed by atoms with Crippen molar-refractivity contribution >= 4 is 11.8 Å². The molecule has 0 amide bonds. The summed E-state index contributed by atoms with van der Waals surface area (Å²) in [5.41, 5.74) is 6.01. The van der Waals surface area contributed by atoms with E-state index in [1.54, 1.807) is 0 Å². The van der Waals surface area contributed by atoms with Gasteiger partial charge in [-0.1, -0.05) is 0 Å². The molecule has 0 aliphatic heterocycles. The number of aromatic nitrogens is 2. The molecule has 0 saturated heterocycles. The Morgan fingerprint density at radius 2 is 2.06 bits per heavy atom. The Morgan fingerprint density at radius 3 is 2.61 bits per heavy atom. The molecule has 1 aliphatic rings. The first-order valence-electron chi connectivity index (χ1n) is 5.46. The van der Waals surface area contributed by atoms with E-state index in [-0.39, 0.29) is 23.8 Å². The van der Waals surface area contributed by atoms with Crippen LogP contribution in [0, 0.1) is 0 Å². The highest BCUT2D eigenvalue weighted by Crippen LogP contribution is 2.36. The zero-order valence-electron chi connectivity index (χ0n) is 9.41. The molecule has 1 aromatic heterocycles. The summed E-state index contributed by atoms with van der Waals surface area (Å²) in [6, 6.07) is 1.44. The highest BCUT2D eigenvalue weighted by molar-refractivity contribution is 5.42. The van der Waals surface area contributed by atoms with E-state index in [2.05, 4.69) is 15.3 Å². The van der Waals surface area contributed by atoms with Gasteiger partial charge in [0.15, 0.2) is 0 Å². The van der Waals surface area contributed by atoms with Crippen LogP contribution in [-0.2, 0) is 0 Å². The molecular weight excluding hydrogens is 249 g/mol. The quantitative estimate of drug-likeness (QED) is 0.764. The van der Waals surface area contributed by atoms with Crippen molar-refractivity contribution in [3.63, 3.8) is 0 Å². The monoisotopic (exact) mass is 262 g/mol. The van der Waals surface area contributed by atoms with Crippen molar-refractivity contribution in [3.8, 4) is 0 Å². The van der Waals surface area contributed by atoms with Crippen molar-refractivity contribution in [2.24, 2.45) is 0 Å². The van der Waals surface area contributed by atoms with Gasteiger partial charge >= 0.3 is 6.18 Å². The van der Waals surface area contributed by atoms with Crippen LogP contribution in [0.15, 0.2) is 6.07 Å². The number of halogens is 3. The minimum absolute atomic E-state index is 0.0386. The molecule has 1 aliphatic carbocycles. The largest absolute Gasteiger partial charge is 0.405 e. The third-order valence-electron chi connectivity index (χ3n) is 2.76. The van der Waals surface area contributed by atoms with E-state index in [4.69, 9.17) is 5.73 Å². The molecule has 0 bridgehead atoms. The molecule has 2 rings (SSSR count). The third-order valence-corrected chi connectivity index (χ3v) is 2.76. The van der Waals surface area contributed by atoms with Gasteiger partial charge in [0.1, 0.15) is 12.4 Å². The van der Waals surface area contributed by atoms with Crippen LogP contribution < -0.4 is 11.1 Å². The fourth-order valence-electron chi connectivity index (χ4n) is 1.81. The van der Waals surface area contributed by atoms with Gasteiger partial charge in [0, 0.05) is 12.0 Å². The number of nitrogens with zero attached hydrogens (tertiary/aromatic N) is 2. The molecule has 100 valence electrons. The van der Waals surface area contributed by atoms with Crippen molar-refractivity contribution in [2.75, 3.05) is 17.6 Å². The Balaban J connectivity index is 2.07. The lowest BCUT2D eigenvalue weighted by molar-refractivity contribution is -0.115. The number of hydrogen-bond donors (Lipinski definition) is 3. The molecule has 1 aromatic rings. The van der Waals surface area contributed by atoms with Gasteiger partial charge in [-0.3, -0.25) is 0 Å². The molecule has 1 heterocycles. The summed E-state index contributed by atoms with van der Waals surface area (Å²) in [4.78, 5) is 7.66. The van der Waals surface area contributed by atoms with Crippen molar-refractivity contribution in [2.45, 2.75) is 31.0 Å². The summed E-state index contributed by atoms with van der Waals surface area (Å²) in [6.45, 7) is -1.17. The second-order valence-electron chi connectivity index (χ2n) is 4.33. The molecule has 0 spiro atoms. The van der Waals surface area contributed by atoms with Gasteiger partial charge in [0.05, 0.1) is 11.8 Å². The van der Waals surface area contributed by atoms with E-state index in [1.807, 2.05) is 0 Å². The van der Waals surface area contributed by atoms with Crippen LogP contribution in [0.25, 0.3) is 0 Å². The van der Waals surface area contributed by atoms with Gasteiger partial charge in [0.25, 0.3) is 0 Å². The van der Waals surface area contributed by atoms with E-state index in [1.165, 1.54) is 6.07 Å². The van der Waals surface area contributed by atoms with Crippen LogP contribution >= 0.6 is 0 Å². The Labute approximate surface area is 101 Å². The highest BCUT2D eigenvalue weighted by Gasteiger charge is 2.31. The lowest BCUT2D eigenvalue weighted by Crippen LogP contribution is -2.28. The molecule has 4 N–H and O–H groups in total. The molecule has 0 radical (unpaired) electrons. The lowest BCUT2D eigenvalue weighted by Gasteiger charge is -2.30. The number of nitrogens with one attached hydrogen (secondary N) is 1. The van der Waals surface area contributed by atoms with E-state index >= 15 is 0 Å². The summed E-state index contributed by atoms with van der Waals surface area (Å²) in [5.74, 6) is 0.0199. The molecular formula is C10H13F3N4O. The number of hydrogen-bond acceptors (Lipinski definition) is 5. The second-order valence-corrected chi connectivity index (χ2v) is 4.33. The number of rotatable bonds is 3. The fraction of sp³-hybridized carbons (Fsp3) is 0.600. The first-order valence-corrected chi connectivity index (χ1v) is 5.46. The first-order chi connectivity index (χ1) is 8.33. The average molecular weight is 262 g/mol. The Hall–Kier alpha value is -1.57. The summed E-state index contributed by atoms with van der Waals surface area (Å²) < 4.78 is 36.2. The molecule has 18 heavy (non-hydrogen) atoms. The number of aliphatic hydroxyl groups excluding tert-OH is 1. The summed E-state index contributed by atoms with van der Waals surface area (Å²) in [7, 11) is 0. The smallest absolute Gasteiger partial charge is 0.393 e. The maximum atomic E-state index is 12.1. The average Bonchev–Trinajstić information content (AvgIpc) is 2.20. The number of nitrogen functional groups attached to an aromatic ring is 1. The van der Waals surface area contributed by atoms with Crippen LogP contribution in [0.3, 0.4) is 0 Å². The normalized spacial score (nSPS) is 23.6. The van der Waals surface area contributed by atoms with Gasteiger partial charge < -0.3 is 16.2 Å². The first kappa shape index (κ1) is 12.9. The summed E-state index contributed by atoms with van der Waals surface area (Å²) in [5, 5.41) is 11.4. The summed E-state index contributed by atoms with van der Waals surface area (Å²) >= 11 is 0. The fourth-order valence-corrected chi connectivity index (χ4v) is 1.81. The molecule has 1 saturated carbocycles. The maximum absolute atomic E-state index is 12.1. The number of alkyl halides is 3. The lowest BCUT2D eigenvalue weighted by atomic mass is 9.80. The number of anilines is 2. The van der Waals surface area contributed by atoms with Crippen LogP contribution in [0.1, 0.15) is 24.5 Å². The highest BCUT2D eigenvalue weighted by atomic mass is 19.4. The van der Waals surface area contributed by atoms with Gasteiger partial charge in [0.2, 0.25) is 5.95 Å². The number of nitrogens with two attached hydrogens (primary N) is 1. The minimum Gasteiger partial charge on any atom is -0.393 e. The SMILES string of the molecule is Nc1nc(NCC(F)(F)F)cc(C2CC(O)C2)n1. The molecule has 0 atom stereocenters. The van der Waals surface area contributed by atoms with Gasteiger partial charge in [-0.2, -0.15) is 18.2 Å². The molecule has 5 nitrogen and oxygen atoms in total. The molecule has 0 aromatic carbocycles. The standard InChI is InChI=1S/C10H13F3N4O/c11-10(12,13)4-15-8-3-7(16-9(14)17-8)5-1-6(18)2-5/h3,5-6,18H,1-2,4H2,(H3,14,15,16,17). The zero-order chi connectivity index (χ0) is 13.3. The predicted molar refractivity (Wildman–Crippen MR) is 59.0 cm³/mol. The summed E-state index contributed by atoms with van der Waals surface area (Å²) in [6.07, 6.45) is -3.57. The van der Waals surface area contributed by atoms with E-state index in [0.717, 1.165) is 0 Å². The van der Waals surface area contributed by atoms with E-state index in [0.29, 0.717) is 18.5 Å². The minimum atomic E-state index is -4.31.